The number of para-hydroxylation sites is 2. The molecule has 1 saturated carbocycles. The summed E-state index contributed by atoms with van der Waals surface area (Å²) in [6.07, 6.45) is 8.28. The molecule has 0 radical (unpaired) electrons. The summed E-state index contributed by atoms with van der Waals surface area (Å²) in [4.78, 5) is 25.8. The Morgan fingerprint density at radius 1 is 1.28 bits per heavy atom. The van der Waals surface area contributed by atoms with Crippen LogP contribution in [0.2, 0.25) is 0 Å². The maximum Gasteiger partial charge on any atom is 0.407 e. The lowest BCUT2D eigenvalue weighted by Crippen LogP contribution is -2.42. The highest BCUT2D eigenvalue weighted by Gasteiger charge is 2.25. The fourth-order valence-electron chi connectivity index (χ4n) is 3.38. The minimum atomic E-state index is -0.502. The number of hydrogen-bond acceptors (Lipinski definition) is 6. The number of aromatic nitrogens is 2. The van der Waals surface area contributed by atoms with Crippen LogP contribution < -0.4 is 11.1 Å². The van der Waals surface area contributed by atoms with Crippen LogP contribution in [-0.2, 0) is 4.74 Å². The van der Waals surface area contributed by atoms with Crippen LogP contribution in [0.4, 0.5) is 4.79 Å². The van der Waals surface area contributed by atoms with Gasteiger partial charge >= 0.3 is 6.09 Å². The average Bonchev–Trinajstić information content (AvgIpc) is 2.67. The molecule has 2 unspecified atom stereocenters. The van der Waals surface area contributed by atoms with Crippen molar-refractivity contribution < 1.29 is 9.53 Å². The summed E-state index contributed by atoms with van der Waals surface area (Å²) in [6.45, 7) is 5.57. The average molecular weight is 396 g/mol. The van der Waals surface area contributed by atoms with Crippen LogP contribution in [0.1, 0.15) is 52.1 Å². The number of carbonyl (C=O) groups is 1. The molecular weight excluding hydrogens is 366 g/mol. The van der Waals surface area contributed by atoms with Gasteiger partial charge in [0, 0.05) is 24.0 Å². The molecule has 7 nitrogen and oxygen atoms in total. The van der Waals surface area contributed by atoms with Gasteiger partial charge in [-0.25, -0.2) is 9.78 Å². The quantitative estimate of drug-likeness (QED) is 0.766. The lowest BCUT2D eigenvalue weighted by molar-refractivity contribution is 0.0491. The van der Waals surface area contributed by atoms with Crippen LogP contribution in [-0.4, -0.2) is 40.0 Å². The van der Waals surface area contributed by atoms with E-state index < -0.39 is 5.60 Å². The van der Waals surface area contributed by atoms with Gasteiger partial charge in [-0.3, -0.25) is 9.98 Å². The summed E-state index contributed by atoms with van der Waals surface area (Å²) in [5.41, 5.74) is 8.39. The van der Waals surface area contributed by atoms with Gasteiger partial charge in [0.1, 0.15) is 5.60 Å². The first kappa shape index (κ1) is 20.8. The van der Waals surface area contributed by atoms with Gasteiger partial charge in [-0.05, 0) is 58.6 Å². The normalized spacial score (nSPS) is 20.7. The molecular formula is C22H29N5O2. The van der Waals surface area contributed by atoms with Crippen LogP contribution in [0.15, 0.2) is 41.7 Å². The van der Waals surface area contributed by atoms with E-state index in [1.54, 1.807) is 12.4 Å². The number of amides is 1. The zero-order valence-corrected chi connectivity index (χ0v) is 17.3. The minimum absolute atomic E-state index is 0.0616. The van der Waals surface area contributed by atoms with Gasteiger partial charge in [-0.15, -0.1) is 0 Å². The molecule has 1 aliphatic rings. The molecule has 29 heavy (non-hydrogen) atoms. The Bertz CT molecular complexity index is 917. The summed E-state index contributed by atoms with van der Waals surface area (Å²) < 4.78 is 5.35. The second kappa shape index (κ2) is 9.03. The van der Waals surface area contributed by atoms with Crippen molar-refractivity contribution in [2.75, 3.05) is 0 Å². The molecule has 3 rings (SSSR count). The van der Waals surface area contributed by atoms with Gasteiger partial charge < -0.3 is 15.8 Å². The van der Waals surface area contributed by atoms with Crippen LogP contribution in [0.5, 0.6) is 0 Å². The number of benzene rings is 1. The summed E-state index contributed by atoms with van der Waals surface area (Å²) in [5.74, 6) is 0. The van der Waals surface area contributed by atoms with Crippen LogP contribution >= 0.6 is 0 Å². The lowest BCUT2D eigenvalue weighted by Gasteiger charge is -2.29. The fourth-order valence-corrected chi connectivity index (χ4v) is 3.38. The third-order valence-corrected chi connectivity index (χ3v) is 4.72. The van der Waals surface area contributed by atoms with Gasteiger partial charge in [0.25, 0.3) is 0 Å². The second-order valence-electron chi connectivity index (χ2n) is 8.31. The predicted octanol–water partition coefficient (Wildman–Crippen LogP) is 3.84. The first-order chi connectivity index (χ1) is 13.8. The molecule has 1 aliphatic carbocycles. The van der Waals surface area contributed by atoms with Crippen molar-refractivity contribution in [2.45, 2.75) is 64.1 Å². The molecule has 1 amide bonds. The molecule has 1 heterocycles. The van der Waals surface area contributed by atoms with Gasteiger partial charge in [0.05, 0.1) is 29.0 Å². The molecule has 154 valence electrons. The third-order valence-electron chi connectivity index (χ3n) is 4.72. The Kier molecular flexibility index (Phi) is 6.46. The predicted molar refractivity (Wildman–Crippen MR) is 116 cm³/mol. The first-order valence-electron chi connectivity index (χ1n) is 10.0. The third kappa shape index (κ3) is 6.01. The molecule has 0 saturated heterocycles. The Morgan fingerprint density at radius 3 is 2.76 bits per heavy atom. The number of fused-ring (bicyclic) bond motifs is 1. The first-order valence-corrected chi connectivity index (χ1v) is 10.0. The van der Waals surface area contributed by atoms with Gasteiger partial charge in [-0.2, -0.15) is 0 Å². The highest BCUT2D eigenvalue weighted by atomic mass is 16.6. The number of aliphatic imine (C=N–C) groups is 1. The SMILES string of the molecule is CC(C)(C)OC(=O)NC1CCCC(N=CC(=CN)c2cnc3ccccc3n2)C1. The molecule has 0 bridgehead atoms. The minimum Gasteiger partial charge on any atom is -0.444 e. The van der Waals surface area contributed by atoms with E-state index in [1.807, 2.05) is 45.0 Å². The van der Waals surface area contributed by atoms with E-state index >= 15 is 0 Å². The zero-order valence-electron chi connectivity index (χ0n) is 17.3. The van der Waals surface area contributed by atoms with Crippen LogP contribution in [0, 0.1) is 0 Å². The van der Waals surface area contributed by atoms with Crippen molar-refractivity contribution in [3.63, 3.8) is 0 Å². The second-order valence-corrected chi connectivity index (χ2v) is 8.31. The van der Waals surface area contributed by atoms with E-state index in [1.165, 1.54) is 6.20 Å². The number of ether oxygens (including phenoxy) is 1. The van der Waals surface area contributed by atoms with Crippen molar-refractivity contribution in [1.82, 2.24) is 15.3 Å². The monoisotopic (exact) mass is 395 g/mol. The number of nitrogens with zero attached hydrogens (tertiary/aromatic N) is 3. The van der Waals surface area contributed by atoms with Crippen molar-refractivity contribution in [3.8, 4) is 0 Å². The molecule has 1 fully saturated rings. The maximum absolute atomic E-state index is 12.0. The van der Waals surface area contributed by atoms with Gasteiger partial charge in [0.2, 0.25) is 0 Å². The Morgan fingerprint density at radius 2 is 2.03 bits per heavy atom. The van der Waals surface area contributed by atoms with E-state index in [9.17, 15) is 4.79 Å². The van der Waals surface area contributed by atoms with Crippen LogP contribution in [0.3, 0.4) is 0 Å². The van der Waals surface area contributed by atoms with Gasteiger partial charge in [-0.1, -0.05) is 12.1 Å². The van der Waals surface area contributed by atoms with Crippen molar-refractivity contribution >= 4 is 28.9 Å². The largest absolute Gasteiger partial charge is 0.444 e. The molecule has 0 spiro atoms. The number of alkyl carbamates (subject to hydrolysis) is 1. The molecule has 2 aromatic rings. The van der Waals surface area contributed by atoms with E-state index in [0.29, 0.717) is 5.69 Å². The number of nitrogens with one attached hydrogen (secondary N) is 1. The van der Waals surface area contributed by atoms with Gasteiger partial charge in [0.15, 0.2) is 0 Å². The van der Waals surface area contributed by atoms with E-state index in [0.717, 1.165) is 42.3 Å². The Balaban J connectivity index is 1.63. The van der Waals surface area contributed by atoms with Crippen molar-refractivity contribution in [2.24, 2.45) is 10.7 Å². The molecule has 2 atom stereocenters. The molecule has 0 aliphatic heterocycles. The number of carbonyl (C=O) groups excluding carboxylic acids is 1. The maximum atomic E-state index is 12.0. The molecule has 3 N–H and O–H groups in total. The number of rotatable bonds is 4. The zero-order chi connectivity index (χ0) is 20.9. The lowest BCUT2D eigenvalue weighted by atomic mass is 9.91. The summed E-state index contributed by atoms with van der Waals surface area (Å²) in [6, 6.07) is 7.89. The molecule has 1 aromatic carbocycles. The summed E-state index contributed by atoms with van der Waals surface area (Å²) in [7, 11) is 0. The molecule has 1 aromatic heterocycles. The van der Waals surface area contributed by atoms with E-state index in [4.69, 9.17) is 15.5 Å². The smallest absolute Gasteiger partial charge is 0.407 e. The molecule has 7 heteroatoms. The highest BCUT2D eigenvalue weighted by molar-refractivity contribution is 6.09. The summed E-state index contributed by atoms with van der Waals surface area (Å²) >= 11 is 0. The van der Waals surface area contributed by atoms with Crippen molar-refractivity contribution in [1.29, 1.82) is 0 Å². The van der Waals surface area contributed by atoms with E-state index in [2.05, 4.69) is 15.3 Å². The number of allylic oxidation sites excluding steroid dienone is 1. The topological polar surface area (TPSA) is 102 Å². The summed E-state index contributed by atoms with van der Waals surface area (Å²) in [5, 5.41) is 2.96. The van der Waals surface area contributed by atoms with Crippen LogP contribution in [0.25, 0.3) is 16.6 Å². The standard InChI is InChI=1S/C22H29N5O2/c1-22(2,3)29-21(28)26-17-8-6-7-16(11-17)24-13-15(12-23)20-14-25-18-9-4-5-10-19(18)27-20/h4-5,9-10,12-14,16-17H,6-8,11,23H2,1-3H3,(H,26,28). The number of nitrogens with two attached hydrogens (primary N) is 1. The Hall–Kier alpha value is -2.96. The van der Waals surface area contributed by atoms with Crippen molar-refractivity contribution in [3.05, 3.63) is 42.4 Å². The highest BCUT2D eigenvalue weighted by Crippen LogP contribution is 2.22. The van der Waals surface area contributed by atoms with E-state index in [-0.39, 0.29) is 18.2 Å². The Labute approximate surface area is 171 Å². The number of hydrogen-bond donors (Lipinski definition) is 2. The fraction of sp³-hybridized carbons (Fsp3) is 0.455.